The molecule has 0 spiro atoms. The summed E-state index contributed by atoms with van der Waals surface area (Å²) in [6.45, 7) is 0.418. The van der Waals surface area contributed by atoms with Crippen LogP contribution in [0, 0.1) is 0 Å². The Morgan fingerprint density at radius 3 is 3.00 bits per heavy atom. The molecular formula is C10H11N2O+. The molecule has 0 N–H and O–H groups in total. The van der Waals surface area contributed by atoms with Crippen molar-refractivity contribution in [2.24, 2.45) is 7.05 Å². The molecule has 1 heterocycles. The van der Waals surface area contributed by atoms with Crippen molar-refractivity contribution in [2.45, 2.75) is 6.54 Å². The van der Waals surface area contributed by atoms with Gasteiger partial charge in [-0.15, -0.1) is 0 Å². The largest absolute Gasteiger partial charge is 0.299 e. The number of imidazole rings is 1. The smallest absolute Gasteiger partial charge is 0.244 e. The van der Waals surface area contributed by atoms with Crippen LogP contribution in [0.4, 0.5) is 0 Å². The van der Waals surface area contributed by atoms with Crippen molar-refractivity contribution < 1.29 is 9.36 Å². The molecule has 0 aliphatic heterocycles. The Hall–Kier alpha value is -1.64. The van der Waals surface area contributed by atoms with Crippen LogP contribution in [0.1, 0.15) is 0 Å². The lowest BCUT2D eigenvalue weighted by Crippen LogP contribution is -2.25. The molecule has 66 valence electrons. The van der Waals surface area contributed by atoms with Crippen LogP contribution in [0.3, 0.4) is 0 Å². The van der Waals surface area contributed by atoms with E-state index in [4.69, 9.17) is 0 Å². The summed E-state index contributed by atoms with van der Waals surface area (Å²) in [4.78, 5) is 10.4. The van der Waals surface area contributed by atoms with Crippen molar-refractivity contribution in [1.29, 1.82) is 0 Å². The number of carbonyl (C=O) groups is 1. The van der Waals surface area contributed by atoms with Crippen LogP contribution in [-0.2, 0) is 18.4 Å². The lowest BCUT2D eigenvalue weighted by Gasteiger charge is -1.87. The molecule has 3 heteroatoms. The van der Waals surface area contributed by atoms with Crippen LogP contribution in [0.5, 0.6) is 0 Å². The van der Waals surface area contributed by atoms with Gasteiger partial charge >= 0.3 is 0 Å². The van der Waals surface area contributed by atoms with E-state index < -0.39 is 0 Å². The minimum absolute atomic E-state index is 0.418. The molecule has 1 aromatic heterocycles. The standard InChI is InChI=1S/C10H11N2O/c1-11-8-12(6-7-13)10-5-3-2-4-9(10)11/h2-5,7-8H,6H2,1H3/q+1. The van der Waals surface area contributed by atoms with Gasteiger partial charge in [0.25, 0.3) is 0 Å². The summed E-state index contributed by atoms with van der Waals surface area (Å²) in [5.74, 6) is 0. The van der Waals surface area contributed by atoms with Gasteiger partial charge in [0.15, 0.2) is 17.3 Å². The monoisotopic (exact) mass is 175 g/mol. The van der Waals surface area contributed by atoms with E-state index in [0.29, 0.717) is 6.54 Å². The molecule has 0 aliphatic carbocycles. The molecule has 2 aromatic rings. The van der Waals surface area contributed by atoms with E-state index in [1.807, 2.05) is 46.8 Å². The second kappa shape index (κ2) is 3.01. The van der Waals surface area contributed by atoms with Crippen LogP contribution >= 0.6 is 0 Å². The van der Waals surface area contributed by atoms with Crippen LogP contribution in [0.15, 0.2) is 30.6 Å². The molecule has 0 radical (unpaired) electrons. The molecule has 13 heavy (non-hydrogen) atoms. The van der Waals surface area contributed by atoms with E-state index in [2.05, 4.69) is 0 Å². The first-order valence-corrected chi connectivity index (χ1v) is 4.20. The van der Waals surface area contributed by atoms with Gasteiger partial charge in [0, 0.05) is 0 Å². The third-order valence-electron chi connectivity index (χ3n) is 2.15. The van der Waals surface area contributed by atoms with E-state index in [1.165, 1.54) is 0 Å². The molecule has 0 unspecified atom stereocenters. The Morgan fingerprint density at radius 2 is 2.23 bits per heavy atom. The Kier molecular flexibility index (Phi) is 1.85. The second-order valence-electron chi connectivity index (χ2n) is 3.03. The zero-order chi connectivity index (χ0) is 9.26. The Balaban J connectivity index is 2.70. The highest BCUT2D eigenvalue weighted by Crippen LogP contribution is 2.08. The molecule has 0 bridgehead atoms. The number of aromatic nitrogens is 2. The first kappa shape index (κ1) is 7.98. The fraction of sp³-hybridized carbons (Fsp3) is 0.200. The van der Waals surface area contributed by atoms with Crippen LogP contribution in [-0.4, -0.2) is 10.9 Å². The average molecular weight is 175 g/mol. The topological polar surface area (TPSA) is 25.9 Å². The number of para-hydroxylation sites is 2. The Labute approximate surface area is 76.2 Å². The van der Waals surface area contributed by atoms with E-state index in [9.17, 15) is 4.79 Å². The highest BCUT2D eigenvalue weighted by Gasteiger charge is 2.10. The summed E-state index contributed by atoms with van der Waals surface area (Å²) in [5, 5.41) is 0. The Morgan fingerprint density at radius 1 is 1.46 bits per heavy atom. The van der Waals surface area contributed by atoms with Gasteiger partial charge in [0.1, 0.15) is 6.54 Å². The molecule has 2 rings (SSSR count). The lowest BCUT2D eigenvalue weighted by molar-refractivity contribution is -0.645. The normalized spacial score (nSPS) is 10.5. The average Bonchev–Trinajstić information content (AvgIpc) is 2.46. The maximum Gasteiger partial charge on any atom is 0.244 e. The first-order valence-electron chi connectivity index (χ1n) is 4.20. The molecule has 1 aromatic carbocycles. The number of rotatable bonds is 2. The van der Waals surface area contributed by atoms with Gasteiger partial charge in [0.2, 0.25) is 6.33 Å². The van der Waals surface area contributed by atoms with Gasteiger partial charge < -0.3 is 0 Å². The van der Waals surface area contributed by atoms with E-state index in [1.54, 1.807) is 0 Å². The van der Waals surface area contributed by atoms with Gasteiger partial charge in [-0.25, -0.2) is 9.13 Å². The summed E-state index contributed by atoms with van der Waals surface area (Å²) in [7, 11) is 1.98. The van der Waals surface area contributed by atoms with Crippen LogP contribution in [0.25, 0.3) is 11.0 Å². The van der Waals surface area contributed by atoms with Gasteiger partial charge in [-0.1, -0.05) is 12.1 Å². The molecule has 0 amide bonds. The number of hydrogen-bond acceptors (Lipinski definition) is 1. The van der Waals surface area contributed by atoms with Crippen molar-refractivity contribution in [3.05, 3.63) is 30.6 Å². The first-order chi connectivity index (χ1) is 6.33. The fourth-order valence-electron chi connectivity index (χ4n) is 1.56. The summed E-state index contributed by atoms with van der Waals surface area (Å²) < 4.78 is 3.95. The van der Waals surface area contributed by atoms with Crippen molar-refractivity contribution in [1.82, 2.24) is 4.57 Å². The quantitative estimate of drug-likeness (QED) is 0.486. The van der Waals surface area contributed by atoms with Gasteiger partial charge in [0.05, 0.1) is 7.05 Å². The van der Waals surface area contributed by atoms with Crippen molar-refractivity contribution in [3.63, 3.8) is 0 Å². The molecule has 0 atom stereocenters. The van der Waals surface area contributed by atoms with Gasteiger partial charge in [-0.3, -0.25) is 4.79 Å². The number of benzene rings is 1. The van der Waals surface area contributed by atoms with E-state index in [0.717, 1.165) is 17.3 Å². The zero-order valence-electron chi connectivity index (χ0n) is 7.47. The predicted octanol–water partition coefficient (Wildman–Crippen LogP) is 0.665. The molecule has 0 saturated heterocycles. The molecule has 0 saturated carbocycles. The van der Waals surface area contributed by atoms with Crippen molar-refractivity contribution >= 4 is 17.3 Å². The van der Waals surface area contributed by atoms with Crippen molar-refractivity contribution in [3.8, 4) is 0 Å². The molecular weight excluding hydrogens is 164 g/mol. The highest BCUT2D eigenvalue weighted by molar-refractivity contribution is 5.72. The number of aryl methyl sites for hydroxylation is 1. The van der Waals surface area contributed by atoms with E-state index in [-0.39, 0.29) is 0 Å². The van der Waals surface area contributed by atoms with Gasteiger partial charge in [-0.05, 0) is 12.1 Å². The summed E-state index contributed by atoms with van der Waals surface area (Å²) in [6.07, 6.45) is 2.84. The van der Waals surface area contributed by atoms with E-state index >= 15 is 0 Å². The maximum absolute atomic E-state index is 10.4. The third-order valence-corrected chi connectivity index (χ3v) is 2.15. The summed E-state index contributed by atoms with van der Waals surface area (Å²) >= 11 is 0. The van der Waals surface area contributed by atoms with Gasteiger partial charge in [-0.2, -0.15) is 0 Å². The van der Waals surface area contributed by atoms with Crippen LogP contribution < -0.4 is 4.57 Å². The SMILES string of the molecule is C[n+]1cn(CC=O)c2ccccc21. The Bertz CT molecular complexity index is 445. The number of aldehydes is 1. The minimum atomic E-state index is 0.418. The number of fused-ring (bicyclic) bond motifs is 1. The fourth-order valence-corrected chi connectivity index (χ4v) is 1.56. The summed E-state index contributed by atoms with van der Waals surface area (Å²) in [6, 6.07) is 8.02. The molecule has 0 aliphatic rings. The van der Waals surface area contributed by atoms with Crippen LogP contribution in [0.2, 0.25) is 0 Å². The zero-order valence-corrected chi connectivity index (χ0v) is 7.47. The molecule has 0 fully saturated rings. The highest BCUT2D eigenvalue weighted by atomic mass is 16.1. The number of hydrogen-bond donors (Lipinski definition) is 0. The predicted molar refractivity (Wildman–Crippen MR) is 49.2 cm³/mol. The minimum Gasteiger partial charge on any atom is -0.299 e. The third kappa shape index (κ3) is 1.22. The molecule has 3 nitrogen and oxygen atoms in total. The second-order valence-corrected chi connectivity index (χ2v) is 3.03. The van der Waals surface area contributed by atoms with Crippen molar-refractivity contribution in [2.75, 3.05) is 0 Å². The summed E-state index contributed by atoms with van der Waals surface area (Å²) in [5.41, 5.74) is 2.24. The maximum atomic E-state index is 10.4. The number of carbonyl (C=O) groups excluding carboxylic acids is 1. The lowest BCUT2D eigenvalue weighted by atomic mass is 10.3. The number of nitrogens with zero attached hydrogens (tertiary/aromatic N) is 2.